The van der Waals surface area contributed by atoms with Crippen molar-refractivity contribution in [2.75, 3.05) is 0 Å². The molecule has 5 heteroatoms. The predicted octanol–water partition coefficient (Wildman–Crippen LogP) is -3.00. The maximum atomic E-state index is 10.4. The van der Waals surface area contributed by atoms with Crippen LogP contribution in [0.2, 0.25) is 0 Å². The summed E-state index contributed by atoms with van der Waals surface area (Å²) in [6.45, 7) is 0. The Hall–Kier alpha value is -0.970. The number of carbonyl (C=O) groups is 1. The fourth-order valence-electron chi connectivity index (χ4n) is 1.07. The van der Waals surface area contributed by atoms with Gasteiger partial charge < -0.3 is 9.90 Å². The summed E-state index contributed by atoms with van der Waals surface area (Å²) in [4.78, 5) is 18.2. The number of aromatic carboxylic acids is 1. The third kappa shape index (κ3) is 2.09. The van der Waals surface area contributed by atoms with E-state index < -0.39 is 5.97 Å². The third-order valence-electron chi connectivity index (χ3n) is 1.67. The maximum Gasteiger partial charge on any atom is 1.00 e. The maximum absolute atomic E-state index is 10.4. The zero-order valence-corrected chi connectivity index (χ0v) is 9.60. The molecular formula is C9H5N2NaO2. The van der Waals surface area contributed by atoms with E-state index in [0.717, 1.165) is 5.39 Å². The van der Waals surface area contributed by atoms with Crippen molar-refractivity contribution in [3.63, 3.8) is 0 Å². The van der Waals surface area contributed by atoms with Crippen LogP contribution >= 0.6 is 0 Å². The summed E-state index contributed by atoms with van der Waals surface area (Å²) in [5.74, 6) is -1.28. The molecule has 14 heavy (non-hydrogen) atoms. The molecule has 0 fully saturated rings. The number of carboxylic acid groups (broad SMARTS) is 1. The van der Waals surface area contributed by atoms with Crippen LogP contribution in [-0.2, 0) is 0 Å². The van der Waals surface area contributed by atoms with Crippen molar-refractivity contribution in [1.29, 1.82) is 0 Å². The largest absolute Gasteiger partial charge is 1.00 e. The molecule has 4 nitrogen and oxygen atoms in total. The van der Waals surface area contributed by atoms with Crippen molar-refractivity contribution in [1.82, 2.24) is 9.97 Å². The van der Waals surface area contributed by atoms with Gasteiger partial charge in [-0.3, -0.25) is 0 Å². The Morgan fingerprint density at radius 2 is 2.07 bits per heavy atom. The number of fused-ring (bicyclic) bond motifs is 1. The van der Waals surface area contributed by atoms with Gasteiger partial charge in [0.25, 0.3) is 0 Å². The average molecular weight is 196 g/mol. The SMILES string of the molecule is O=C([O-])c1ccc2cccnc2n1.[Na+]. The van der Waals surface area contributed by atoms with Crippen molar-refractivity contribution in [3.8, 4) is 0 Å². The van der Waals surface area contributed by atoms with Crippen molar-refractivity contribution in [2.45, 2.75) is 0 Å². The Bertz CT molecular complexity index is 473. The van der Waals surface area contributed by atoms with E-state index in [-0.39, 0.29) is 35.3 Å². The minimum absolute atomic E-state index is 0. The molecule has 64 valence electrons. The van der Waals surface area contributed by atoms with E-state index in [0.29, 0.717) is 5.65 Å². The Morgan fingerprint density at radius 3 is 2.79 bits per heavy atom. The average Bonchev–Trinajstić information content (AvgIpc) is 2.17. The number of hydrogen-bond donors (Lipinski definition) is 0. The topological polar surface area (TPSA) is 65.9 Å². The Kier molecular flexibility index (Phi) is 3.57. The van der Waals surface area contributed by atoms with Crippen molar-refractivity contribution in [3.05, 3.63) is 36.2 Å². The van der Waals surface area contributed by atoms with Crippen molar-refractivity contribution in [2.24, 2.45) is 0 Å². The van der Waals surface area contributed by atoms with E-state index in [4.69, 9.17) is 0 Å². The molecule has 0 saturated heterocycles. The summed E-state index contributed by atoms with van der Waals surface area (Å²) in [7, 11) is 0. The number of rotatable bonds is 1. The molecule has 0 spiro atoms. The number of pyridine rings is 2. The zero-order chi connectivity index (χ0) is 9.26. The molecule has 2 rings (SSSR count). The Morgan fingerprint density at radius 1 is 1.29 bits per heavy atom. The minimum Gasteiger partial charge on any atom is -0.543 e. The molecule has 0 saturated carbocycles. The van der Waals surface area contributed by atoms with Crippen LogP contribution in [0.1, 0.15) is 10.5 Å². The molecule has 0 bridgehead atoms. The molecule has 0 radical (unpaired) electrons. The standard InChI is InChI=1S/C9H6N2O2.Na/c12-9(13)7-4-3-6-2-1-5-10-8(6)11-7;/h1-5H,(H,12,13);/q;+1/p-1. The summed E-state index contributed by atoms with van der Waals surface area (Å²) < 4.78 is 0. The van der Waals surface area contributed by atoms with Gasteiger partial charge in [-0.05, 0) is 24.3 Å². The van der Waals surface area contributed by atoms with Gasteiger partial charge in [-0.1, -0.05) is 0 Å². The molecule has 0 atom stereocenters. The van der Waals surface area contributed by atoms with Gasteiger partial charge in [0.15, 0.2) is 5.65 Å². The van der Waals surface area contributed by atoms with Gasteiger partial charge in [0.1, 0.15) is 0 Å². The van der Waals surface area contributed by atoms with Gasteiger partial charge in [-0.2, -0.15) is 0 Å². The minimum atomic E-state index is -1.28. The molecule has 2 heterocycles. The van der Waals surface area contributed by atoms with Crippen molar-refractivity contribution >= 4 is 17.0 Å². The first-order valence-corrected chi connectivity index (χ1v) is 3.70. The molecule has 0 aliphatic rings. The summed E-state index contributed by atoms with van der Waals surface area (Å²) in [6, 6.07) is 6.64. The molecule has 2 aromatic rings. The first-order valence-electron chi connectivity index (χ1n) is 3.70. The van der Waals surface area contributed by atoms with E-state index in [1.165, 1.54) is 6.07 Å². The van der Waals surface area contributed by atoms with Crippen LogP contribution in [0.4, 0.5) is 0 Å². The molecule has 0 amide bonds. The van der Waals surface area contributed by atoms with Crippen LogP contribution < -0.4 is 34.7 Å². The number of hydrogen-bond acceptors (Lipinski definition) is 4. The van der Waals surface area contributed by atoms with Crippen LogP contribution in [0.3, 0.4) is 0 Å². The fraction of sp³-hybridized carbons (Fsp3) is 0. The van der Waals surface area contributed by atoms with Gasteiger partial charge in [0, 0.05) is 11.6 Å². The van der Waals surface area contributed by atoms with Crippen LogP contribution in [0, 0.1) is 0 Å². The second-order valence-corrected chi connectivity index (χ2v) is 2.53. The second-order valence-electron chi connectivity index (χ2n) is 2.53. The normalized spacial score (nSPS) is 9.43. The number of aromatic nitrogens is 2. The summed E-state index contributed by atoms with van der Waals surface area (Å²) in [6.07, 6.45) is 1.56. The van der Waals surface area contributed by atoms with Gasteiger partial charge in [-0.25, -0.2) is 9.97 Å². The predicted molar refractivity (Wildman–Crippen MR) is 43.9 cm³/mol. The van der Waals surface area contributed by atoms with Crippen LogP contribution in [-0.4, -0.2) is 15.9 Å². The van der Waals surface area contributed by atoms with E-state index in [1.807, 2.05) is 6.07 Å². The first kappa shape index (κ1) is 11.1. The van der Waals surface area contributed by atoms with Gasteiger partial charge in [-0.15, -0.1) is 0 Å². The number of nitrogens with zero attached hydrogens (tertiary/aromatic N) is 2. The Labute approximate surface area is 102 Å². The van der Waals surface area contributed by atoms with Gasteiger partial charge in [0.2, 0.25) is 0 Å². The monoisotopic (exact) mass is 196 g/mol. The summed E-state index contributed by atoms with van der Waals surface area (Å²) in [5, 5.41) is 11.3. The fourth-order valence-corrected chi connectivity index (χ4v) is 1.07. The molecule has 0 aromatic carbocycles. The van der Waals surface area contributed by atoms with Crippen LogP contribution in [0.5, 0.6) is 0 Å². The number of carbonyl (C=O) groups excluding carboxylic acids is 1. The Balaban J connectivity index is 0.000000980. The van der Waals surface area contributed by atoms with Gasteiger partial charge in [0.05, 0.1) is 11.7 Å². The van der Waals surface area contributed by atoms with Crippen LogP contribution in [0.15, 0.2) is 30.5 Å². The van der Waals surface area contributed by atoms with Crippen LogP contribution in [0.25, 0.3) is 11.0 Å². The molecule has 0 aliphatic heterocycles. The molecule has 0 N–H and O–H groups in total. The molecule has 0 aliphatic carbocycles. The van der Waals surface area contributed by atoms with E-state index in [9.17, 15) is 9.90 Å². The quantitative estimate of drug-likeness (QED) is 0.456. The molecule has 0 unspecified atom stereocenters. The van der Waals surface area contributed by atoms with E-state index in [2.05, 4.69) is 9.97 Å². The van der Waals surface area contributed by atoms with Gasteiger partial charge >= 0.3 is 29.6 Å². The van der Waals surface area contributed by atoms with E-state index in [1.54, 1.807) is 18.3 Å². The van der Waals surface area contributed by atoms with Crippen molar-refractivity contribution < 1.29 is 39.5 Å². The second kappa shape index (κ2) is 4.50. The first-order chi connectivity index (χ1) is 6.27. The molecular weight excluding hydrogens is 191 g/mol. The summed E-state index contributed by atoms with van der Waals surface area (Å²) >= 11 is 0. The number of carboxylic acids is 1. The smallest absolute Gasteiger partial charge is 0.543 e. The summed E-state index contributed by atoms with van der Waals surface area (Å²) in [5.41, 5.74) is 0.329. The third-order valence-corrected chi connectivity index (χ3v) is 1.67. The molecule has 2 aromatic heterocycles. The zero-order valence-electron chi connectivity index (χ0n) is 7.60. The van der Waals surface area contributed by atoms with E-state index >= 15 is 0 Å².